The molecular weight excluding hydrogens is 675 g/mol. The van der Waals surface area contributed by atoms with Gasteiger partial charge in [-0.3, -0.25) is 9.59 Å². The van der Waals surface area contributed by atoms with Crippen LogP contribution in [-0.2, 0) is 30.9 Å². The standard InChI is InChI=1S/C37H45N5O8S/c1-25(2)16-18-42(4)33-15-12-28(23-32(33)38-24-27-10-13-31(14-11-27)49-20-19-43)34-39-36(50-40-34)30-9-7-6-8-29(22-30)35(44)41-51(46,47)21-17-26(3)37(45)48-5/h7-15,17,21-23,25-26,38,43H,6,16,18-20,24H2,1-5H3,(H,41,44)/b21-17+. The lowest BCUT2D eigenvalue weighted by Gasteiger charge is -2.24. The van der Waals surface area contributed by atoms with Crippen LogP contribution in [0.5, 0.6) is 5.75 Å². The summed E-state index contributed by atoms with van der Waals surface area (Å²) < 4.78 is 42.8. The normalized spacial score (nSPS) is 13.7. The number of aromatic nitrogens is 2. The molecule has 0 spiro atoms. The van der Waals surface area contributed by atoms with Crippen molar-refractivity contribution in [3.05, 3.63) is 95.3 Å². The van der Waals surface area contributed by atoms with Crippen molar-refractivity contribution in [3.8, 4) is 17.1 Å². The van der Waals surface area contributed by atoms with Crippen molar-refractivity contribution in [2.24, 2.45) is 11.8 Å². The lowest BCUT2D eigenvalue weighted by molar-refractivity contribution is -0.143. The van der Waals surface area contributed by atoms with E-state index >= 15 is 0 Å². The summed E-state index contributed by atoms with van der Waals surface area (Å²) in [5, 5.41) is 17.5. The molecule has 0 saturated carbocycles. The molecule has 0 radical (unpaired) electrons. The van der Waals surface area contributed by atoms with Crippen molar-refractivity contribution in [1.29, 1.82) is 0 Å². The Balaban J connectivity index is 1.55. The summed E-state index contributed by atoms with van der Waals surface area (Å²) in [6.07, 6.45) is 9.09. The van der Waals surface area contributed by atoms with E-state index in [1.807, 2.05) is 47.2 Å². The highest BCUT2D eigenvalue weighted by atomic mass is 32.2. The predicted octanol–water partition coefficient (Wildman–Crippen LogP) is 5.24. The van der Waals surface area contributed by atoms with Crippen LogP contribution in [0.2, 0.25) is 0 Å². The fourth-order valence-corrected chi connectivity index (χ4v) is 5.79. The highest BCUT2D eigenvalue weighted by Crippen LogP contribution is 2.32. The number of methoxy groups -OCH3 is 1. The fraction of sp³-hybridized carbons (Fsp3) is 0.351. The van der Waals surface area contributed by atoms with Gasteiger partial charge >= 0.3 is 5.97 Å². The lowest BCUT2D eigenvalue weighted by Crippen LogP contribution is -2.30. The van der Waals surface area contributed by atoms with E-state index in [2.05, 4.69) is 46.0 Å². The molecule has 1 aliphatic rings. The van der Waals surface area contributed by atoms with Gasteiger partial charge in [0.25, 0.3) is 21.8 Å². The molecule has 0 bridgehead atoms. The van der Waals surface area contributed by atoms with Crippen molar-refractivity contribution in [2.75, 3.05) is 44.1 Å². The topological polar surface area (TPSA) is 173 Å². The lowest BCUT2D eigenvalue weighted by atomic mass is 10.1. The fourth-order valence-electron chi connectivity index (χ4n) is 4.91. The van der Waals surface area contributed by atoms with E-state index in [1.54, 1.807) is 18.2 Å². The zero-order valence-corrected chi connectivity index (χ0v) is 30.3. The number of nitrogens with one attached hydrogen (secondary N) is 2. The van der Waals surface area contributed by atoms with E-state index in [4.69, 9.17) is 14.4 Å². The van der Waals surface area contributed by atoms with Crippen LogP contribution < -0.4 is 19.7 Å². The number of allylic oxidation sites excluding steroid dienone is 4. The number of carbonyl (C=O) groups excluding carboxylic acids is 2. The summed E-state index contributed by atoms with van der Waals surface area (Å²) in [5.41, 5.74) is 4.12. The monoisotopic (exact) mass is 719 g/mol. The average Bonchev–Trinajstić information content (AvgIpc) is 3.48. The molecule has 1 heterocycles. The summed E-state index contributed by atoms with van der Waals surface area (Å²) in [4.78, 5) is 31.4. The summed E-state index contributed by atoms with van der Waals surface area (Å²) in [6.45, 7) is 7.44. The zero-order valence-electron chi connectivity index (χ0n) is 29.5. The third-order valence-electron chi connectivity index (χ3n) is 7.85. The first kappa shape index (κ1) is 38.6. The Morgan fingerprint density at radius 3 is 2.61 bits per heavy atom. The van der Waals surface area contributed by atoms with Crippen LogP contribution in [0.1, 0.15) is 45.1 Å². The Bertz CT molecular complexity index is 1900. The van der Waals surface area contributed by atoms with Gasteiger partial charge in [-0.25, -0.2) is 13.1 Å². The van der Waals surface area contributed by atoms with Crippen LogP contribution >= 0.6 is 0 Å². The number of amides is 1. The molecule has 1 aliphatic carbocycles. The van der Waals surface area contributed by atoms with E-state index in [-0.39, 0.29) is 24.7 Å². The van der Waals surface area contributed by atoms with E-state index in [1.165, 1.54) is 20.1 Å². The maximum absolute atomic E-state index is 13.0. The maximum Gasteiger partial charge on any atom is 0.312 e. The molecule has 4 rings (SSSR count). The number of aliphatic hydroxyl groups excluding tert-OH is 1. The van der Waals surface area contributed by atoms with Crippen LogP contribution in [0, 0.1) is 11.8 Å². The maximum atomic E-state index is 13.0. The van der Waals surface area contributed by atoms with Gasteiger partial charge in [-0.1, -0.05) is 55.4 Å². The number of rotatable bonds is 17. The van der Waals surface area contributed by atoms with Gasteiger partial charge in [0.1, 0.15) is 12.4 Å². The molecule has 51 heavy (non-hydrogen) atoms. The Labute approximate surface area is 298 Å². The number of carbonyl (C=O) groups is 2. The number of esters is 1. The summed E-state index contributed by atoms with van der Waals surface area (Å²) in [5.74, 6) is -0.574. The molecule has 272 valence electrons. The molecule has 0 fully saturated rings. The van der Waals surface area contributed by atoms with Gasteiger partial charge < -0.3 is 29.3 Å². The molecule has 13 nitrogen and oxygen atoms in total. The highest BCUT2D eigenvalue weighted by Gasteiger charge is 2.20. The SMILES string of the molecule is COC(=O)C(C)/C=C/S(=O)(=O)NC(=O)C1=CCC=CC(c2nc(-c3ccc(N(C)CCC(C)C)c(NCc4ccc(OCCO)cc4)c3)no2)=C1. The Kier molecular flexibility index (Phi) is 13.7. The van der Waals surface area contributed by atoms with Gasteiger partial charge in [-0.2, -0.15) is 4.98 Å². The minimum absolute atomic E-state index is 0.0517. The van der Waals surface area contributed by atoms with Gasteiger partial charge in [-0.05, 0) is 67.7 Å². The number of nitrogens with zero attached hydrogens (tertiary/aromatic N) is 3. The van der Waals surface area contributed by atoms with Gasteiger partial charge in [0.05, 0.1) is 31.0 Å². The number of ether oxygens (including phenoxy) is 2. The first-order valence-electron chi connectivity index (χ1n) is 16.6. The van der Waals surface area contributed by atoms with Crippen LogP contribution in [0.3, 0.4) is 0 Å². The molecule has 14 heteroatoms. The number of sulfonamides is 1. The molecule has 2 aromatic carbocycles. The summed E-state index contributed by atoms with van der Waals surface area (Å²) in [6, 6.07) is 13.6. The molecular formula is C37H45N5O8S. The first-order chi connectivity index (χ1) is 24.4. The Morgan fingerprint density at radius 2 is 1.90 bits per heavy atom. The first-order valence-corrected chi connectivity index (χ1v) is 18.1. The van der Waals surface area contributed by atoms with Gasteiger partial charge in [-0.15, -0.1) is 0 Å². The van der Waals surface area contributed by atoms with Crippen molar-refractivity contribution in [1.82, 2.24) is 14.9 Å². The molecule has 0 aliphatic heterocycles. The summed E-state index contributed by atoms with van der Waals surface area (Å²) >= 11 is 0. The molecule has 3 aromatic rings. The number of benzene rings is 2. The molecule has 1 amide bonds. The van der Waals surface area contributed by atoms with Crippen LogP contribution in [-0.4, -0.2) is 69.5 Å². The molecule has 1 aromatic heterocycles. The van der Waals surface area contributed by atoms with Gasteiger partial charge in [0.15, 0.2) is 0 Å². The quantitative estimate of drug-likeness (QED) is 0.155. The van der Waals surface area contributed by atoms with Crippen LogP contribution in [0.15, 0.2) is 88.3 Å². The second kappa shape index (κ2) is 18.2. The Hall–Kier alpha value is -5.21. The molecule has 1 atom stereocenters. The van der Waals surface area contributed by atoms with Crippen molar-refractivity contribution in [3.63, 3.8) is 0 Å². The van der Waals surface area contributed by atoms with E-state index in [0.717, 1.165) is 41.4 Å². The number of hydrogen-bond donors (Lipinski definition) is 3. The minimum Gasteiger partial charge on any atom is -0.491 e. The Morgan fingerprint density at radius 1 is 1.14 bits per heavy atom. The second-order valence-corrected chi connectivity index (χ2v) is 13.9. The van der Waals surface area contributed by atoms with Gasteiger partial charge in [0.2, 0.25) is 5.82 Å². The number of hydrogen-bond acceptors (Lipinski definition) is 12. The largest absolute Gasteiger partial charge is 0.491 e. The van der Waals surface area contributed by atoms with Crippen LogP contribution in [0.4, 0.5) is 11.4 Å². The van der Waals surface area contributed by atoms with E-state index in [9.17, 15) is 18.0 Å². The molecule has 3 N–H and O–H groups in total. The van der Waals surface area contributed by atoms with E-state index in [0.29, 0.717) is 41.6 Å². The third kappa shape index (κ3) is 11.4. The van der Waals surface area contributed by atoms with Crippen molar-refractivity contribution in [2.45, 2.75) is 40.2 Å². The van der Waals surface area contributed by atoms with Crippen molar-refractivity contribution >= 4 is 38.8 Å². The zero-order chi connectivity index (χ0) is 37.0. The van der Waals surface area contributed by atoms with E-state index < -0.39 is 27.8 Å². The average molecular weight is 720 g/mol. The van der Waals surface area contributed by atoms with Crippen molar-refractivity contribution < 1.29 is 37.1 Å². The number of aliphatic hydroxyl groups is 1. The summed E-state index contributed by atoms with van der Waals surface area (Å²) in [7, 11) is -0.941. The van der Waals surface area contributed by atoms with Gasteiger partial charge in [0, 0.05) is 42.3 Å². The highest BCUT2D eigenvalue weighted by molar-refractivity contribution is 7.92. The number of anilines is 2. The molecule has 0 saturated heterocycles. The van der Waals surface area contributed by atoms with Crippen LogP contribution in [0.25, 0.3) is 17.0 Å². The second-order valence-electron chi connectivity index (χ2n) is 12.3. The third-order valence-corrected chi connectivity index (χ3v) is 8.83. The molecule has 1 unspecified atom stereocenters. The smallest absolute Gasteiger partial charge is 0.312 e. The minimum atomic E-state index is -4.20. The predicted molar refractivity (Wildman–Crippen MR) is 196 cm³/mol.